The van der Waals surface area contributed by atoms with Gasteiger partial charge in [0.1, 0.15) is 0 Å². The predicted molar refractivity (Wildman–Crippen MR) is 78.9 cm³/mol. The van der Waals surface area contributed by atoms with E-state index in [1.54, 1.807) is 0 Å². The molecular weight excluding hydrogens is 303 g/mol. The third kappa shape index (κ3) is 2.23. The Balaban J connectivity index is 2.60. The quantitative estimate of drug-likeness (QED) is 0.541. The topological polar surface area (TPSA) is 26.3 Å². The van der Waals surface area contributed by atoms with E-state index in [2.05, 4.69) is 47.6 Å². The van der Waals surface area contributed by atoms with Crippen molar-refractivity contribution in [2.45, 2.75) is 46.0 Å². The minimum atomic E-state index is -0.418. The van der Waals surface area contributed by atoms with Crippen LogP contribution < -0.4 is 4.46 Å². The van der Waals surface area contributed by atoms with E-state index < -0.39 is 4.50 Å². The van der Waals surface area contributed by atoms with Gasteiger partial charge in [0.15, 0.2) is 0 Å². The van der Waals surface area contributed by atoms with Gasteiger partial charge in [0.25, 0.3) is 0 Å². The van der Waals surface area contributed by atoms with Gasteiger partial charge in [-0.15, -0.1) is 0 Å². The molecule has 0 N–H and O–H groups in total. The van der Waals surface area contributed by atoms with Gasteiger partial charge in [0.05, 0.1) is 0 Å². The van der Waals surface area contributed by atoms with Gasteiger partial charge < -0.3 is 0 Å². The van der Waals surface area contributed by atoms with Crippen LogP contribution in [-0.4, -0.2) is 25.4 Å². The Morgan fingerprint density at radius 3 is 2.05 bits per heavy atom. The number of fused-ring (bicyclic) bond motifs is 1. The van der Waals surface area contributed by atoms with Crippen molar-refractivity contribution in [3.63, 3.8) is 0 Å². The van der Waals surface area contributed by atoms with Crippen molar-refractivity contribution in [1.82, 2.24) is 0 Å². The van der Waals surface area contributed by atoms with Crippen molar-refractivity contribution < 1.29 is 9.53 Å². The van der Waals surface area contributed by atoms with E-state index in [1.165, 1.54) is 0 Å². The van der Waals surface area contributed by atoms with Crippen LogP contribution >= 0.6 is 0 Å². The zero-order valence-electron chi connectivity index (χ0n) is 12.5. The number of ether oxygens (including phenoxy) is 1. The molecule has 3 heteroatoms. The molecule has 0 aliphatic carbocycles. The third-order valence-corrected chi connectivity index (χ3v) is 8.13. The Morgan fingerprint density at radius 2 is 1.53 bits per heavy atom. The number of carbonyl (C=O) groups is 1. The number of esters is 1. The summed E-state index contributed by atoms with van der Waals surface area (Å²) < 4.78 is 6.76. The summed E-state index contributed by atoms with van der Waals surface area (Å²) in [5.74, 6) is -0.173. The average Bonchev–Trinajstić information content (AvgIpc) is 2.26. The summed E-state index contributed by atoms with van der Waals surface area (Å²) in [5.41, 5.74) is 0.565. The Bertz CT molecular complexity index is 492. The van der Waals surface area contributed by atoms with E-state index in [0.717, 1.165) is 10.0 Å². The van der Waals surface area contributed by atoms with Crippen LogP contribution in [0.15, 0.2) is 24.3 Å². The molecule has 2 rings (SSSR count). The number of hydrogen-bond acceptors (Lipinski definition) is 2. The number of rotatable bonds is 0. The zero-order chi connectivity index (χ0) is 14.5. The van der Waals surface area contributed by atoms with E-state index in [4.69, 9.17) is 4.74 Å². The SMILES string of the molecule is CC(C)(C)C1(C(C)(C)C)OC(=O)c2ccccc2[Se]1. The monoisotopic (exact) mass is 326 g/mol. The molecule has 2 nitrogen and oxygen atoms in total. The number of carbonyl (C=O) groups excluding carboxylic acids is 1. The Morgan fingerprint density at radius 1 is 1.00 bits per heavy atom. The molecule has 0 amide bonds. The van der Waals surface area contributed by atoms with Crippen molar-refractivity contribution in [3.8, 4) is 0 Å². The maximum atomic E-state index is 12.4. The van der Waals surface area contributed by atoms with Crippen molar-refractivity contribution in [2.75, 3.05) is 0 Å². The van der Waals surface area contributed by atoms with Crippen LogP contribution in [-0.2, 0) is 4.74 Å². The van der Waals surface area contributed by atoms with E-state index >= 15 is 0 Å². The van der Waals surface area contributed by atoms with Gasteiger partial charge >= 0.3 is 122 Å². The summed E-state index contributed by atoms with van der Waals surface area (Å²) in [5, 5.41) is 0. The second-order valence-corrected chi connectivity index (χ2v) is 9.66. The van der Waals surface area contributed by atoms with Crippen molar-refractivity contribution in [1.29, 1.82) is 0 Å². The van der Waals surface area contributed by atoms with E-state index in [9.17, 15) is 4.79 Å². The van der Waals surface area contributed by atoms with Gasteiger partial charge in [-0.2, -0.15) is 0 Å². The first-order chi connectivity index (χ1) is 8.58. The molecule has 0 radical (unpaired) electrons. The summed E-state index contributed by atoms with van der Waals surface area (Å²) in [7, 11) is 0. The number of hydrogen-bond donors (Lipinski definition) is 0. The molecule has 1 aliphatic heterocycles. The van der Waals surface area contributed by atoms with Crippen LogP contribution in [0.4, 0.5) is 0 Å². The molecule has 1 heterocycles. The molecule has 19 heavy (non-hydrogen) atoms. The first kappa shape index (κ1) is 14.6. The van der Waals surface area contributed by atoms with Gasteiger partial charge in [-0.3, -0.25) is 0 Å². The average molecular weight is 325 g/mol. The van der Waals surface area contributed by atoms with E-state index in [0.29, 0.717) is 0 Å². The molecule has 1 aromatic rings. The maximum absolute atomic E-state index is 12.4. The molecule has 1 aliphatic rings. The van der Waals surface area contributed by atoms with Gasteiger partial charge in [-0.25, -0.2) is 0 Å². The Kier molecular flexibility index (Phi) is 3.35. The van der Waals surface area contributed by atoms with Gasteiger partial charge in [-0.1, -0.05) is 0 Å². The number of benzene rings is 1. The molecular formula is C16H22O2Se. The second kappa shape index (κ2) is 4.36. The van der Waals surface area contributed by atoms with Crippen LogP contribution in [0, 0.1) is 10.8 Å². The molecule has 0 aromatic heterocycles. The fraction of sp³-hybridized carbons (Fsp3) is 0.562. The Hall–Kier alpha value is -0.791. The summed E-state index contributed by atoms with van der Waals surface area (Å²) in [6.07, 6.45) is 0. The second-order valence-electron chi connectivity index (χ2n) is 7.10. The molecule has 0 spiro atoms. The van der Waals surface area contributed by atoms with Crippen LogP contribution in [0.25, 0.3) is 0 Å². The van der Waals surface area contributed by atoms with Gasteiger partial charge in [-0.05, 0) is 0 Å². The summed E-state index contributed by atoms with van der Waals surface area (Å²) in [6.45, 7) is 13.0. The van der Waals surface area contributed by atoms with Crippen molar-refractivity contribution in [3.05, 3.63) is 29.8 Å². The summed E-state index contributed by atoms with van der Waals surface area (Å²) in [4.78, 5) is 12.4. The zero-order valence-corrected chi connectivity index (χ0v) is 14.2. The minimum absolute atomic E-state index is 0.0888. The summed E-state index contributed by atoms with van der Waals surface area (Å²) >= 11 is 0.105. The fourth-order valence-corrected chi connectivity index (χ4v) is 5.86. The van der Waals surface area contributed by atoms with Crippen LogP contribution in [0.5, 0.6) is 0 Å². The standard InChI is InChI=1S/C16H22O2Se/c1-14(2,3)16(15(4,5)6)18-13(17)11-9-7-8-10-12(11)19-16/h7-10H,1-6H3. The Labute approximate surface area is 122 Å². The van der Waals surface area contributed by atoms with Crippen molar-refractivity contribution in [2.24, 2.45) is 10.8 Å². The van der Waals surface area contributed by atoms with Crippen LogP contribution in [0.2, 0.25) is 0 Å². The van der Waals surface area contributed by atoms with Gasteiger partial charge in [0, 0.05) is 0 Å². The molecule has 0 fully saturated rings. The third-order valence-electron chi connectivity index (χ3n) is 3.57. The molecule has 1 aromatic carbocycles. The van der Waals surface area contributed by atoms with Crippen LogP contribution in [0.1, 0.15) is 51.9 Å². The first-order valence-electron chi connectivity index (χ1n) is 6.60. The fourth-order valence-electron chi connectivity index (χ4n) is 2.82. The van der Waals surface area contributed by atoms with Crippen molar-refractivity contribution >= 4 is 25.4 Å². The van der Waals surface area contributed by atoms with Crippen LogP contribution in [0.3, 0.4) is 0 Å². The molecule has 0 saturated carbocycles. The van der Waals surface area contributed by atoms with E-state index in [-0.39, 0.29) is 31.8 Å². The molecule has 0 unspecified atom stereocenters. The summed E-state index contributed by atoms with van der Waals surface area (Å²) in [6, 6.07) is 7.85. The molecule has 0 saturated heterocycles. The normalized spacial score (nSPS) is 18.7. The number of cyclic esters (lactones) is 1. The first-order valence-corrected chi connectivity index (χ1v) is 8.31. The van der Waals surface area contributed by atoms with Gasteiger partial charge in [0.2, 0.25) is 0 Å². The molecule has 0 atom stereocenters. The van der Waals surface area contributed by atoms with E-state index in [1.807, 2.05) is 18.2 Å². The molecule has 0 bridgehead atoms. The molecule has 104 valence electrons. The predicted octanol–water partition coefficient (Wildman–Crippen LogP) is 2.98.